The second kappa shape index (κ2) is 13.2. The van der Waals surface area contributed by atoms with E-state index in [0.29, 0.717) is 12.0 Å². The third-order valence-electron chi connectivity index (χ3n) is 1.52. The van der Waals surface area contributed by atoms with Gasteiger partial charge in [-0.25, -0.2) is 0 Å². The van der Waals surface area contributed by atoms with Gasteiger partial charge in [-0.15, -0.1) is 11.6 Å². The Kier molecular flexibility index (Phi) is 20.0. The Labute approximate surface area is 107 Å². The van der Waals surface area contributed by atoms with Crippen LogP contribution in [0.2, 0.25) is 0 Å². The maximum atomic E-state index is 8.67. The molecule has 0 amide bonds. The molecule has 1 unspecified atom stereocenters. The number of aliphatic hydroxyl groups excluding tert-OH is 1. The van der Waals surface area contributed by atoms with Gasteiger partial charge in [-0.05, 0) is 12.8 Å². The molecule has 1 atom stereocenters. The van der Waals surface area contributed by atoms with Crippen LogP contribution in [0.3, 0.4) is 0 Å². The van der Waals surface area contributed by atoms with Gasteiger partial charge in [0.05, 0.1) is 24.7 Å². The Bertz CT molecular complexity index is 87.5. The van der Waals surface area contributed by atoms with Crippen molar-refractivity contribution in [3.05, 3.63) is 0 Å². The Morgan fingerprint density at radius 2 is 1.85 bits per heavy atom. The number of hydrogen-bond donors (Lipinski definition) is 1. The van der Waals surface area contributed by atoms with Gasteiger partial charge in [0, 0.05) is 0 Å². The molecule has 1 fully saturated rings. The number of ether oxygens (including phenoxy) is 1. The van der Waals surface area contributed by atoms with Crippen molar-refractivity contribution in [3.8, 4) is 0 Å². The molecule has 1 aliphatic rings. The molecule has 5 heteroatoms. The number of rotatable bonds is 3. The second-order valence-electron chi connectivity index (χ2n) is 2.58. The number of alkyl halides is 1. The van der Waals surface area contributed by atoms with Gasteiger partial charge < -0.3 is 15.3 Å². The molecule has 0 aromatic rings. The average molecular weight is 221 g/mol. The van der Waals surface area contributed by atoms with E-state index in [2.05, 4.69) is 0 Å². The fraction of sp³-hybridized carbons (Fsp3) is 1.00. The van der Waals surface area contributed by atoms with Gasteiger partial charge in [-0.3, -0.25) is 0 Å². The van der Waals surface area contributed by atoms with Gasteiger partial charge in [0.15, 0.2) is 0 Å². The van der Waals surface area contributed by atoms with Gasteiger partial charge in [0.2, 0.25) is 0 Å². The van der Waals surface area contributed by atoms with Gasteiger partial charge in [0.25, 0.3) is 0 Å². The van der Waals surface area contributed by atoms with Crippen molar-refractivity contribution in [1.82, 2.24) is 0 Å². The van der Waals surface area contributed by atoms with Crippen LogP contribution in [0.1, 0.15) is 26.7 Å². The summed E-state index contributed by atoms with van der Waals surface area (Å²) in [6, 6.07) is 0. The third kappa shape index (κ3) is 15.9. The van der Waals surface area contributed by atoms with E-state index in [1.807, 2.05) is 13.8 Å². The van der Waals surface area contributed by atoms with E-state index in [0.717, 1.165) is 19.4 Å². The molecule has 0 radical (unpaired) electrons. The summed E-state index contributed by atoms with van der Waals surface area (Å²) in [5.41, 5.74) is 0. The summed E-state index contributed by atoms with van der Waals surface area (Å²) in [7, 11) is 0. The van der Waals surface area contributed by atoms with Gasteiger partial charge >= 0.3 is 29.6 Å². The summed E-state index contributed by atoms with van der Waals surface area (Å²) >= 11 is 5.27. The SMILES string of the molecule is CCC(O)CC.ClCC1CO1.[Na+].[OH-]. The van der Waals surface area contributed by atoms with Crippen molar-refractivity contribution in [2.45, 2.75) is 38.9 Å². The van der Waals surface area contributed by atoms with E-state index in [1.54, 1.807) is 0 Å². The normalized spacial score (nSPS) is 17.8. The number of halogens is 1. The largest absolute Gasteiger partial charge is 1.00 e. The second-order valence-corrected chi connectivity index (χ2v) is 2.89. The minimum Gasteiger partial charge on any atom is -0.870 e. The van der Waals surface area contributed by atoms with Crippen molar-refractivity contribution in [2.75, 3.05) is 12.5 Å². The number of hydrogen-bond acceptors (Lipinski definition) is 3. The van der Waals surface area contributed by atoms with Crippen molar-refractivity contribution >= 4 is 11.6 Å². The van der Waals surface area contributed by atoms with Crippen LogP contribution < -0.4 is 29.6 Å². The van der Waals surface area contributed by atoms with E-state index in [-0.39, 0.29) is 41.1 Å². The minimum absolute atomic E-state index is 0. The first-order chi connectivity index (χ1) is 5.24. The zero-order valence-electron chi connectivity index (χ0n) is 8.66. The molecular weight excluding hydrogens is 203 g/mol. The summed E-state index contributed by atoms with van der Waals surface area (Å²) in [4.78, 5) is 0. The predicted molar refractivity (Wildman–Crippen MR) is 49.0 cm³/mol. The third-order valence-corrected chi connectivity index (χ3v) is 1.86. The van der Waals surface area contributed by atoms with Crippen molar-refractivity contribution in [1.29, 1.82) is 0 Å². The fourth-order valence-electron chi connectivity index (χ4n) is 0.446. The van der Waals surface area contributed by atoms with E-state index in [4.69, 9.17) is 21.4 Å². The summed E-state index contributed by atoms with van der Waals surface area (Å²) in [6.45, 7) is 4.84. The van der Waals surface area contributed by atoms with Crippen molar-refractivity contribution in [2.24, 2.45) is 0 Å². The van der Waals surface area contributed by atoms with E-state index in [9.17, 15) is 0 Å². The number of epoxide rings is 1. The van der Waals surface area contributed by atoms with Crippen LogP contribution in [-0.2, 0) is 4.74 Å². The first-order valence-corrected chi connectivity index (χ1v) is 4.63. The maximum Gasteiger partial charge on any atom is 1.00 e. The van der Waals surface area contributed by atoms with Gasteiger partial charge in [0.1, 0.15) is 0 Å². The molecule has 0 aliphatic carbocycles. The summed E-state index contributed by atoms with van der Waals surface area (Å²) < 4.78 is 4.73. The molecule has 0 saturated carbocycles. The Balaban J connectivity index is -0.000000134. The van der Waals surface area contributed by atoms with Crippen molar-refractivity contribution < 1.29 is 44.9 Å². The molecule has 0 bridgehead atoms. The summed E-state index contributed by atoms with van der Waals surface area (Å²) in [5, 5.41) is 8.67. The summed E-state index contributed by atoms with van der Waals surface area (Å²) in [5.74, 6) is 0.667. The molecular formula is C8H18ClNaO3. The quantitative estimate of drug-likeness (QED) is 0.362. The fourth-order valence-corrected chi connectivity index (χ4v) is 0.624. The van der Waals surface area contributed by atoms with E-state index < -0.39 is 0 Å². The molecule has 0 aromatic carbocycles. The van der Waals surface area contributed by atoms with Crippen molar-refractivity contribution in [3.63, 3.8) is 0 Å². The molecule has 1 saturated heterocycles. The monoisotopic (exact) mass is 220 g/mol. The summed E-state index contributed by atoms with van der Waals surface area (Å²) in [6.07, 6.45) is 2.11. The molecule has 0 spiro atoms. The van der Waals surface area contributed by atoms with Crippen LogP contribution in [0.4, 0.5) is 0 Å². The smallest absolute Gasteiger partial charge is 0.870 e. The minimum atomic E-state index is -0.0648. The molecule has 0 aromatic heterocycles. The van der Waals surface area contributed by atoms with Crippen LogP contribution in [0.5, 0.6) is 0 Å². The molecule has 1 rings (SSSR count). The van der Waals surface area contributed by atoms with Crippen LogP contribution in [-0.4, -0.2) is 35.3 Å². The van der Waals surface area contributed by atoms with Crippen LogP contribution in [0.15, 0.2) is 0 Å². The molecule has 3 nitrogen and oxygen atoms in total. The molecule has 1 aliphatic heterocycles. The predicted octanol–water partition coefficient (Wildman–Crippen LogP) is -1.38. The maximum absolute atomic E-state index is 8.67. The van der Waals surface area contributed by atoms with E-state index >= 15 is 0 Å². The van der Waals surface area contributed by atoms with Crippen LogP contribution >= 0.6 is 11.6 Å². The number of aliphatic hydroxyl groups is 1. The molecule has 13 heavy (non-hydrogen) atoms. The van der Waals surface area contributed by atoms with Crippen LogP contribution in [0, 0.1) is 0 Å². The molecule has 1 heterocycles. The first kappa shape index (κ1) is 19.7. The Hall–Kier alpha value is 1.17. The standard InChI is InChI=1S/C5H12O.C3H5ClO.Na.H2O/c1-3-5(6)4-2;4-1-3-2-5-3;;/h5-6H,3-4H2,1-2H3;3H,1-2H2;;1H2/q;;+1;/p-1. The van der Waals surface area contributed by atoms with Gasteiger partial charge in [-0.2, -0.15) is 0 Å². The molecule has 2 N–H and O–H groups in total. The van der Waals surface area contributed by atoms with E-state index in [1.165, 1.54) is 0 Å². The topological polar surface area (TPSA) is 62.8 Å². The van der Waals surface area contributed by atoms with Gasteiger partial charge in [-0.1, -0.05) is 13.8 Å². The zero-order chi connectivity index (χ0) is 8.69. The molecule has 76 valence electrons. The average Bonchev–Trinajstić information content (AvgIpc) is 2.86. The zero-order valence-corrected chi connectivity index (χ0v) is 11.4. The Morgan fingerprint density at radius 3 is 1.85 bits per heavy atom. The van der Waals surface area contributed by atoms with Crippen LogP contribution in [0.25, 0.3) is 0 Å². The first-order valence-electron chi connectivity index (χ1n) is 4.10. The Morgan fingerprint density at radius 1 is 1.46 bits per heavy atom.